The van der Waals surface area contributed by atoms with E-state index >= 15 is 0 Å². The van der Waals surface area contributed by atoms with Gasteiger partial charge in [-0.1, -0.05) is 12.1 Å². The molecule has 1 aromatic heterocycles. The van der Waals surface area contributed by atoms with Crippen LogP contribution in [0.2, 0.25) is 0 Å². The van der Waals surface area contributed by atoms with Gasteiger partial charge in [0.15, 0.2) is 5.78 Å². The SMILES string of the molecule is [2H]C(CC(=O)c1ncc(-c2cccc(F)c2)cc1O)C(=O)O. The number of benzene rings is 1. The number of carboxylic acids is 1. The summed E-state index contributed by atoms with van der Waals surface area (Å²) in [6.07, 6.45) is -0.923. The standard InChI is InChI=1S/C15H12FNO4/c16-11-3-1-2-9(6-11)10-7-13(19)15(17-8-10)12(18)4-5-14(20)21/h1-3,6-8,19H,4-5H2,(H,20,21)/i5D. The van der Waals surface area contributed by atoms with Crippen molar-refractivity contribution in [2.24, 2.45) is 0 Å². The second-order valence-corrected chi connectivity index (χ2v) is 4.27. The van der Waals surface area contributed by atoms with Gasteiger partial charge in [-0.25, -0.2) is 9.37 Å². The molecule has 0 spiro atoms. The van der Waals surface area contributed by atoms with Crippen molar-refractivity contribution in [3.8, 4) is 16.9 Å². The first-order chi connectivity index (χ1) is 10.4. The number of rotatable bonds is 5. The molecule has 6 heteroatoms. The minimum atomic E-state index is -1.61. The molecule has 108 valence electrons. The molecule has 1 unspecified atom stereocenters. The number of aromatic nitrogens is 1. The van der Waals surface area contributed by atoms with Gasteiger partial charge in [0.05, 0.1) is 6.40 Å². The van der Waals surface area contributed by atoms with Crippen LogP contribution in [0, 0.1) is 5.82 Å². The molecule has 2 N–H and O–H groups in total. The molecule has 5 nitrogen and oxygen atoms in total. The third-order valence-corrected chi connectivity index (χ3v) is 2.75. The lowest BCUT2D eigenvalue weighted by Crippen LogP contribution is -2.06. The van der Waals surface area contributed by atoms with Crippen molar-refractivity contribution in [1.82, 2.24) is 4.98 Å². The molecule has 21 heavy (non-hydrogen) atoms. The first-order valence-corrected chi connectivity index (χ1v) is 6.01. The molecule has 0 radical (unpaired) electrons. The van der Waals surface area contributed by atoms with Gasteiger partial charge in [0.1, 0.15) is 17.3 Å². The van der Waals surface area contributed by atoms with Gasteiger partial charge in [0.25, 0.3) is 0 Å². The van der Waals surface area contributed by atoms with E-state index < -0.39 is 36.1 Å². The van der Waals surface area contributed by atoms with E-state index in [4.69, 9.17) is 6.48 Å². The van der Waals surface area contributed by atoms with Crippen molar-refractivity contribution in [1.29, 1.82) is 0 Å². The maximum absolute atomic E-state index is 13.2. The molecule has 0 fully saturated rings. The minimum Gasteiger partial charge on any atom is -0.506 e. The Labute approximate surface area is 121 Å². The number of aliphatic carboxylic acids is 1. The van der Waals surface area contributed by atoms with E-state index in [0.717, 1.165) is 0 Å². The van der Waals surface area contributed by atoms with Crippen LogP contribution in [0.25, 0.3) is 11.1 Å². The average molecular weight is 290 g/mol. The fraction of sp³-hybridized carbons (Fsp3) is 0.133. The van der Waals surface area contributed by atoms with Crippen LogP contribution in [0.4, 0.5) is 4.39 Å². The molecule has 1 heterocycles. The van der Waals surface area contributed by atoms with Crippen molar-refractivity contribution < 1.29 is 25.6 Å². The number of carboxylic acid groups (broad SMARTS) is 1. The first-order valence-electron chi connectivity index (χ1n) is 6.59. The Morgan fingerprint density at radius 3 is 2.67 bits per heavy atom. The summed E-state index contributed by atoms with van der Waals surface area (Å²) in [5.74, 6) is -3.06. The summed E-state index contributed by atoms with van der Waals surface area (Å²) >= 11 is 0. The van der Waals surface area contributed by atoms with E-state index in [0.29, 0.717) is 11.1 Å². The number of hydrogen-bond acceptors (Lipinski definition) is 4. The van der Waals surface area contributed by atoms with Crippen LogP contribution < -0.4 is 0 Å². The summed E-state index contributed by atoms with van der Waals surface area (Å²) in [7, 11) is 0. The molecular formula is C15H12FNO4. The molecule has 0 aliphatic rings. The second-order valence-electron chi connectivity index (χ2n) is 4.27. The first kappa shape index (κ1) is 13.2. The van der Waals surface area contributed by atoms with E-state index in [-0.39, 0.29) is 5.69 Å². The number of ketones is 1. The number of pyridine rings is 1. The third kappa shape index (κ3) is 3.62. The number of hydrogen-bond donors (Lipinski definition) is 2. The highest BCUT2D eigenvalue weighted by Crippen LogP contribution is 2.26. The van der Waals surface area contributed by atoms with Crippen LogP contribution in [-0.2, 0) is 4.79 Å². The summed E-state index contributed by atoms with van der Waals surface area (Å²) in [4.78, 5) is 26.2. The third-order valence-electron chi connectivity index (χ3n) is 2.75. The molecule has 0 aliphatic heterocycles. The molecule has 0 aliphatic carbocycles. The molecule has 0 bridgehead atoms. The van der Waals surface area contributed by atoms with Crippen LogP contribution in [0.1, 0.15) is 24.7 Å². The molecule has 1 aromatic carbocycles. The Kier molecular flexibility index (Phi) is 3.86. The quantitative estimate of drug-likeness (QED) is 0.826. The highest BCUT2D eigenvalue weighted by Gasteiger charge is 2.15. The van der Waals surface area contributed by atoms with E-state index in [2.05, 4.69) is 4.98 Å². The number of carbonyl (C=O) groups is 2. The Balaban J connectivity index is 2.27. The molecular weight excluding hydrogens is 277 g/mol. The Hall–Kier alpha value is -2.76. The predicted molar refractivity (Wildman–Crippen MR) is 72.5 cm³/mol. The predicted octanol–water partition coefficient (Wildman–Crippen LogP) is 2.64. The molecule has 0 saturated carbocycles. The number of halogens is 1. The zero-order chi connectivity index (χ0) is 16.3. The summed E-state index contributed by atoms with van der Waals surface area (Å²) in [6, 6.07) is 6.88. The number of Topliss-reactive ketones (excluding diaryl/α,β-unsaturated/α-hetero) is 1. The lowest BCUT2D eigenvalue weighted by atomic mass is 10.1. The lowest BCUT2D eigenvalue weighted by Gasteiger charge is -2.06. The van der Waals surface area contributed by atoms with E-state index in [9.17, 15) is 19.1 Å². The molecule has 0 amide bonds. The van der Waals surface area contributed by atoms with Gasteiger partial charge in [-0.05, 0) is 23.8 Å². The lowest BCUT2D eigenvalue weighted by molar-refractivity contribution is -0.136. The Morgan fingerprint density at radius 1 is 1.29 bits per heavy atom. The van der Waals surface area contributed by atoms with Gasteiger partial charge in [-0.2, -0.15) is 0 Å². The largest absolute Gasteiger partial charge is 0.506 e. The fourth-order valence-electron chi connectivity index (χ4n) is 1.77. The van der Waals surface area contributed by atoms with E-state index in [1.807, 2.05) is 0 Å². The zero-order valence-corrected chi connectivity index (χ0v) is 10.8. The van der Waals surface area contributed by atoms with Crippen LogP contribution in [0.15, 0.2) is 36.5 Å². The summed E-state index contributed by atoms with van der Waals surface area (Å²) in [5.41, 5.74) is 0.582. The molecule has 2 rings (SSSR count). The van der Waals surface area contributed by atoms with Gasteiger partial charge >= 0.3 is 5.97 Å². The zero-order valence-electron chi connectivity index (χ0n) is 11.8. The molecule has 2 aromatic rings. The van der Waals surface area contributed by atoms with Gasteiger partial charge in [-0.15, -0.1) is 0 Å². The summed E-state index contributed by atoms with van der Waals surface area (Å²) in [5, 5.41) is 18.5. The summed E-state index contributed by atoms with van der Waals surface area (Å²) in [6.45, 7) is 0. The minimum absolute atomic E-state index is 0.307. The molecule has 1 atom stereocenters. The fourth-order valence-corrected chi connectivity index (χ4v) is 1.77. The van der Waals surface area contributed by atoms with E-state index in [1.54, 1.807) is 6.07 Å². The van der Waals surface area contributed by atoms with Gasteiger partial charge < -0.3 is 10.2 Å². The van der Waals surface area contributed by atoms with Crippen molar-refractivity contribution >= 4 is 11.8 Å². The normalized spacial score (nSPS) is 12.5. The molecule has 0 saturated heterocycles. The monoisotopic (exact) mass is 290 g/mol. The smallest absolute Gasteiger partial charge is 0.303 e. The average Bonchev–Trinajstić information content (AvgIpc) is 2.46. The number of nitrogens with zero attached hydrogens (tertiary/aromatic N) is 1. The summed E-state index contributed by atoms with van der Waals surface area (Å²) < 4.78 is 20.4. The maximum Gasteiger partial charge on any atom is 0.303 e. The highest BCUT2D eigenvalue weighted by molar-refractivity contribution is 5.98. The van der Waals surface area contributed by atoms with Gasteiger partial charge in [-0.3, -0.25) is 9.59 Å². The number of aromatic hydroxyl groups is 1. The van der Waals surface area contributed by atoms with Crippen LogP contribution >= 0.6 is 0 Å². The topological polar surface area (TPSA) is 87.5 Å². The Bertz CT molecular complexity index is 735. The van der Waals surface area contributed by atoms with Crippen molar-refractivity contribution in [3.63, 3.8) is 0 Å². The van der Waals surface area contributed by atoms with Crippen molar-refractivity contribution in [2.75, 3.05) is 0 Å². The van der Waals surface area contributed by atoms with Crippen molar-refractivity contribution in [2.45, 2.75) is 12.8 Å². The van der Waals surface area contributed by atoms with Crippen molar-refractivity contribution in [3.05, 3.63) is 48.0 Å². The van der Waals surface area contributed by atoms with Gasteiger partial charge in [0, 0.05) is 19.6 Å². The van der Waals surface area contributed by atoms with E-state index in [1.165, 1.54) is 30.5 Å². The van der Waals surface area contributed by atoms with Crippen LogP contribution in [-0.4, -0.2) is 26.9 Å². The highest BCUT2D eigenvalue weighted by atomic mass is 19.1. The van der Waals surface area contributed by atoms with Gasteiger partial charge in [0.2, 0.25) is 0 Å². The second kappa shape index (κ2) is 6.13. The van der Waals surface area contributed by atoms with Crippen LogP contribution in [0.3, 0.4) is 0 Å². The van der Waals surface area contributed by atoms with Crippen LogP contribution in [0.5, 0.6) is 5.75 Å². The number of carbonyl (C=O) groups excluding carboxylic acids is 1. The Morgan fingerprint density at radius 2 is 2.05 bits per heavy atom. The maximum atomic E-state index is 13.2.